The molecule has 0 aromatic heterocycles. The Hall–Kier alpha value is -1.14. The smallest absolute Gasteiger partial charge is 0.157 e. The monoisotopic (exact) mass is 378 g/mol. The Morgan fingerprint density at radius 3 is 2.67 bits per heavy atom. The first-order valence-electron chi connectivity index (χ1n) is 9.92. The minimum Gasteiger partial charge on any atom is -0.497 e. The van der Waals surface area contributed by atoms with Crippen LogP contribution in [0.2, 0.25) is 0 Å². The zero-order chi connectivity index (χ0) is 19.7. The lowest BCUT2D eigenvalue weighted by molar-refractivity contribution is -0.221. The molecule has 0 spiro atoms. The van der Waals surface area contributed by atoms with Gasteiger partial charge in [-0.3, -0.25) is 0 Å². The molecule has 0 aliphatic carbocycles. The second kappa shape index (κ2) is 7.70. The summed E-state index contributed by atoms with van der Waals surface area (Å²) >= 11 is 0. The number of rotatable bonds is 6. The molecule has 0 bridgehead atoms. The Bertz CT molecular complexity index is 635. The van der Waals surface area contributed by atoms with Crippen LogP contribution in [0.15, 0.2) is 24.3 Å². The maximum atomic E-state index is 12.1. The van der Waals surface area contributed by atoms with Gasteiger partial charge in [0, 0.05) is 17.4 Å². The summed E-state index contributed by atoms with van der Waals surface area (Å²) in [6.45, 7) is 9.86. The Morgan fingerprint density at radius 2 is 2.00 bits per heavy atom. The highest BCUT2D eigenvalue weighted by Gasteiger charge is 2.63. The zero-order valence-corrected chi connectivity index (χ0v) is 17.3. The predicted octanol–water partition coefficient (Wildman–Crippen LogP) is 4.09. The largest absolute Gasteiger partial charge is 0.497 e. The number of hydrogen-bond acceptors (Lipinski definition) is 5. The fraction of sp³-hybridized carbons (Fsp3) is 0.727. The third-order valence-corrected chi connectivity index (χ3v) is 6.22. The van der Waals surface area contributed by atoms with Crippen LogP contribution in [0.5, 0.6) is 5.75 Å². The van der Waals surface area contributed by atoms with E-state index in [4.69, 9.17) is 18.9 Å². The Balaban J connectivity index is 1.86. The molecule has 3 unspecified atom stereocenters. The van der Waals surface area contributed by atoms with Crippen molar-refractivity contribution in [3.05, 3.63) is 29.8 Å². The summed E-state index contributed by atoms with van der Waals surface area (Å²) in [5, 5.41) is 12.1. The fourth-order valence-corrected chi connectivity index (χ4v) is 4.54. The van der Waals surface area contributed by atoms with E-state index in [1.807, 2.05) is 24.3 Å². The molecule has 5 heteroatoms. The Morgan fingerprint density at radius 1 is 1.22 bits per heavy atom. The molecule has 5 nitrogen and oxygen atoms in total. The maximum Gasteiger partial charge on any atom is 0.157 e. The Labute approximate surface area is 163 Å². The third-order valence-electron chi connectivity index (χ3n) is 6.22. The van der Waals surface area contributed by atoms with Crippen LogP contribution in [-0.4, -0.2) is 43.9 Å². The van der Waals surface area contributed by atoms with Crippen molar-refractivity contribution in [2.75, 3.05) is 26.9 Å². The van der Waals surface area contributed by atoms with E-state index in [1.54, 1.807) is 7.11 Å². The van der Waals surface area contributed by atoms with Crippen molar-refractivity contribution in [2.45, 2.75) is 65.0 Å². The fourth-order valence-electron chi connectivity index (χ4n) is 4.54. The molecule has 0 amide bonds. The highest BCUT2D eigenvalue weighted by molar-refractivity contribution is 5.33. The molecule has 2 saturated heterocycles. The predicted molar refractivity (Wildman–Crippen MR) is 104 cm³/mol. The van der Waals surface area contributed by atoms with Gasteiger partial charge in [0.15, 0.2) is 6.29 Å². The first-order chi connectivity index (χ1) is 12.7. The minimum absolute atomic E-state index is 0.178. The topological polar surface area (TPSA) is 57.2 Å². The standard InChI is InChI=1S/C22H34O5/c1-20(2,14-26-18-11-6-7-12-25-18)22(23)19(27-15-21(22,3)4)16-9-8-10-17(13-16)24-5/h8-10,13,18-19,23H,6-7,11-12,14-15H2,1-5H3. The molecular weight excluding hydrogens is 344 g/mol. The number of benzene rings is 1. The van der Waals surface area contributed by atoms with E-state index in [1.165, 1.54) is 0 Å². The van der Waals surface area contributed by atoms with Crippen molar-refractivity contribution in [3.8, 4) is 5.75 Å². The van der Waals surface area contributed by atoms with E-state index in [9.17, 15) is 5.11 Å². The van der Waals surface area contributed by atoms with Gasteiger partial charge in [0.05, 0.1) is 20.3 Å². The van der Waals surface area contributed by atoms with Gasteiger partial charge in [-0.2, -0.15) is 0 Å². The number of hydrogen-bond donors (Lipinski definition) is 1. The lowest BCUT2D eigenvalue weighted by Crippen LogP contribution is -2.58. The summed E-state index contributed by atoms with van der Waals surface area (Å²) in [6, 6.07) is 7.76. The first kappa shape index (κ1) is 20.6. The molecular formula is C22H34O5. The second-order valence-corrected chi connectivity index (χ2v) is 9.11. The quantitative estimate of drug-likeness (QED) is 0.808. The average molecular weight is 379 g/mol. The Kier molecular flexibility index (Phi) is 5.88. The average Bonchev–Trinajstić information content (AvgIpc) is 2.92. The number of methoxy groups -OCH3 is 1. The van der Waals surface area contributed by atoms with Crippen molar-refractivity contribution in [1.82, 2.24) is 0 Å². The molecule has 0 radical (unpaired) electrons. The molecule has 1 N–H and O–H groups in total. The molecule has 0 saturated carbocycles. The van der Waals surface area contributed by atoms with Crippen LogP contribution in [-0.2, 0) is 14.2 Å². The summed E-state index contributed by atoms with van der Waals surface area (Å²) in [7, 11) is 1.65. The van der Waals surface area contributed by atoms with Crippen molar-refractivity contribution >= 4 is 0 Å². The summed E-state index contributed by atoms with van der Waals surface area (Å²) in [6.07, 6.45) is 2.49. The number of ether oxygens (including phenoxy) is 4. The minimum atomic E-state index is -1.11. The van der Waals surface area contributed by atoms with Gasteiger partial charge in [-0.15, -0.1) is 0 Å². The van der Waals surface area contributed by atoms with Crippen LogP contribution in [0.4, 0.5) is 0 Å². The van der Waals surface area contributed by atoms with Gasteiger partial charge in [-0.1, -0.05) is 39.8 Å². The summed E-state index contributed by atoms with van der Waals surface area (Å²) in [4.78, 5) is 0. The molecule has 27 heavy (non-hydrogen) atoms. The van der Waals surface area contributed by atoms with Gasteiger partial charge in [0.25, 0.3) is 0 Å². The van der Waals surface area contributed by atoms with Crippen LogP contribution in [0.1, 0.15) is 58.6 Å². The molecule has 3 atom stereocenters. The molecule has 152 valence electrons. The lowest BCUT2D eigenvalue weighted by atomic mass is 9.59. The van der Waals surface area contributed by atoms with Gasteiger partial charge in [0.1, 0.15) is 17.5 Å². The summed E-state index contributed by atoms with van der Waals surface area (Å²) in [5.74, 6) is 0.757. The van der Waals surface area contributed by atoms with Crippen molar-refractivity contribution in [3.63, 3.8) is 0 Å². The molecule has 2 aliphatic heterocycles. The molecule has 1 aromatic carbocycles. The first-order valence-corrected chi connectivity index (χ1v) is 9.92. The van der Waals surface area contributed by atoms with Crippen LogP contribution in [0.25, 0.3) is 0 Å². The highest BCUT2D eigenvalue weighted by atomic mass is 16.7. The zero-order valence-electron chi connectivity index (χ0n) is 17.3. The van der Waals surface area contributed by atoms with Crippen LogP contribution < -0.4 is 4.74 Å². The maximum absolute atomic E-state index is 12.1. The van der Waals surface area contributed by atoms with Gasteiger partial charge < -0.3 is 24.1 Å². The van der Waals surface area contributed by atoms with Gasteiger partial charge in [-0.05, 0) is 37.0 Å². The van der Waals surface area contributed by atoms with E-state index in [0.717, 1.165) is 37.2 Å². The second-order valence-electron chi connectivity index (χ2n) is 9.11. The van der Waals surface area contributed by atoms with E-state index < -0.39 is 22.5 Å². The van der Waals surface area contributed by atoms with Crippen molar-refractivity contribution < 1.29 is 24.1 Å². The lowest BCUT2D eigenvalue weighted by Gasteiger charge is -2.50. The van der Waals surface area contributed by atoms with Crippen molar-refractivity contribution in [2.24, 2.45) is 10.8 Å². The molecule has 1 aromatic rings. The molecule has 2 aliphatic rings. The third kappa shape index (κ3) is 3.75. The number of aliphatic hydroxyl groups is 1. The van der Waals surface area contributed by atoms with E-state index in [-0.39, 0.29) is 6.29 Å². The van der Waals surface area contributed by atoms with Crippen LogP contribution in [0, 0.1) is 10.8 Å². The van der Waals surface area contributed by atoms with Gasteiger partial charge in [0.2, 0.25) is 0 Å². The van der Waals surface area contributed by atoms with E-state index in [2.05, 4.69) is 27.7 Å². The van der Waals surface area contributed by atoms with Crippen LogP contribution >= 0.6 is 0 Å². The van der Waals surface area contributed by atoms with Crippen LogP contribution in [0.3, 0.4) is 0 Å². The molecule has 2 heterocycles. The SMILES string of the molecule is COc1cccc(C2OCC(C)(C)C2(O)C(C)(C)COC2CCCCO2)c1. The van der Waals surface area contributed by atoms with Crippen molar-refractivity contribution in [1.29, 1.82) is 0 Å². The van der Waals surface area contributed by atoms with Gasteiger partial charge >= 0.3 is 0 Å². The van der Waals surface area contributed by atoms with E-state index in [0.29, 0.717) is 13.2 Å². The summed E-state index contributed by atoms with van der Waals surface area (Å²) < 4.78 is 23.3. The van der Waals surface area contributed by atoms with E-state index >= 15 is 0 Å². The molecule has 3 rings (SSSR count). The molecule has 2 fully saturated rings. The highest BCUT2D eigenvalue weighted by Crippen LogP contribution is 2.58. The summed E-state index contributed by atoms with van der Waals surface area (Å²) in [5.41, 5.74) is -1.16. The normalized spacial score (nSPS) is 31.0. The van der Waals surface area contributed by atoms with Gasteiger partial charge in [-0.25, -0.2) is 0 Å².